The molecule has 1 aliphatic rings. The minimum absolute atomic E-state index is 0.269. The molecule has 0 bridgehead atoms. The largest absolute Gasteiger partial charge is 0.342 e. The van der Waals surface area contributed by atoms with Crippen molar-refractivity contribution in [1.29, 1.82) is 0 Å². The van der Waals surface area contributed by atoms with E-state index in [-0.39, 0.29) is 5.91 Å². The maximum absolute atomic E-state index is 12.4. The van der Waals surface area contributed by atoms with Gasteiger partial charge in [0.05, 0.1) is 17.5 Å². The molecular weight excluding hydrogens is 330 g/mol. The molecular formula is C20H23N3OS. The molecule has 2 aromatic heterocycles. The van der Waals surface area contributed by atoms with Crippen molar-refractivity contribution in [3.8, 4) is 0 Å². The highest BCUT2D eigenvalue weighted by Gasteiger charge is 2.24. The predicted octanol–water partition coefficient (Wildman–Crippen LogP) is 3.89. The van der Waals surface area contributed by atoms with E-state index in [0.717, 1.165) is 48.7 Å². The average Bonchev–Trinajstić information content (AvgIpc) is 3.24. The van der Waals surface area contributed by atoms with Gasteiger partial charge < -0.3 is 9.47 Å². The SMILES string of the molecule is Cc1nc2ccccc2n1CC1CCN(C(=O)Cc2cccs2)CC1. The van der Waals surface area contributed by atoms with E-state index in [9.17, 15) is 4.79 Å². The van der Waals surface area contributed by atoms with Gasteiger partial charge in [-0.25, -0.2) is 4.98 Å². The zero-order valence-electron chi connectivity index (χ0n) is 14.5. The van der Waals surface area contributed by atoms with Crippen molar-refractivity contribution in [3.63, 3.8) is 0 Å². The molecule has 4 rings (SSSR count). The van der Waals surface area contributed by atoms with Crippen LogP contribution in [0, 0.1) is 12.8 Å². The Morgan fingerprint density at radius 1 is 1.20 bits per heavy atom. The highest BCUT2D eigenvalue weighted by atomic mass is 32.1. The number of hydrogen-bond donors (Lipinski definition) is 0. The van der Waals surface area contributed by atoms with Gasteiger partial charge in [-0.2, -0.15) is 0 Å². The lowest BCUT2D eigenvalue weighted by atomic mass is 9.96. The van der Waals surface area contributed by atoms with Crippen molar-refractivity contribution >= 4 is 28.3 Å². The van der Waals surface area contributed by atoms with Gasteiger partial charge in [0.25, 0.3) is 0 Å². The summed E-state index contributed by atoms with van der Waals surface area (Å²) in [5.74, 6) is 1.96. The Kier molecular flexibility index (Phi) is 4.57. The number of likely N-dealkylation sites (tertiary alicyclic amines) is 1. The van der Waals surface area contributed by atoms with Gasteiger partial charge in [0.2, 0.25) is 5.91 Å². The second-order valence-electron chi connectivity index (χ2n) is 6.84. The third-order valence-electron chi connectivity index (χ3n) is 5.16. The van der Waals surface area contributed by atoms with Crippen molar-refractivity contribution in [2.24, 2.45) is 5.92 Å². The van der Waals surface area contributed by atoms with Crippen LogP contribution in [0.25, 0.3) is 11.0 Å². The number of para-hydroxylation sites is 2. The number of rotatable bonds is 4. The summed E-state index contributed by atoms with van der Waals surface area (Å²) in [6.45, 7) is 4.83. The van der Waals surface area contributed by atoms with Crippen LogP contribution in [0.3, 0.4) is 0 Å². The molecule has 3 heterocycles. The summed E-state index contributed by atoms with van der Waals surface area (Å²) in [7, 11) is 0. The quantitative estimate of drug-likeness (QED) is 0.714. The van der Waals surface area contributed by atoms with Crippen LogP contribution >= 0.6 is 11.3 Å². The monoisotopic (exact) mass is 353 g/mol. The number of hydrogen-bond acceptors (Lipinski definition) is 3. The number of piperidine rings is 1. The first kappa shape index (κ1) is 16.3. The standard InChI is InChI=1S/C20H23N3OS/c1-15-21-18-6-2-3-7-19(18)23(15)14-16-8-10-22(11-9-16)20(24)13-17-5-4-12-25-17/h2-7,12,16H,8-11,13-14H2,1H3. The average molecular weight is 353 g/mol. The third-order valence-corrected chi connectivity index (χ3v) is 6.04. The highest BCUT2D eigenvalue weighted by Crippen LogP contribution is 2.24. The molecule has 1 fully saturated rings. The molecule has 0 saturated carbocycles. The molecule has 0 atom stereocenters. The molecule has 1 saturated heterocycles. The smallest absolute Gasteiger partial charge is 0.227 e. The third kappa shape index (κ3) is 3.47. The molecule has 25 heavy (non-hydrogen) atoms. The zero-order chi connectivity index (χ0) is 17.2. The minimum Gasteiger partial charge on any atom is -0.342 e. The first-order valence-electron chi connectivity index (χ1n) is 8.93. The Morgan fingerprint density at radius 2 is 2.00 bits per heavy atom. The molecule has 5 heteroatoms. The number of carbonyl (C=O) groups excluding carboxylic acids is 1. The lowest BCUT2D eigenvalue weighted by molar-refractivity contribution is -0.131. The van der Waals surface area contributed by atoms with E-state index in [1.165, 1.54) is 5.52 Å². The first-order valence-corrected chi connectivity index (χ1v) is 9.80. The number of thiophene rings is 1. The lowest BCUT2D eigenvalue weighted by Gasteiger charge is -2.32. The van der Waals surface area contributed by atoms with Crippen LogP contribution in [-0.4, -0.2) is 33.4 Å². The molecule has 130 valence electrons. The molecule has 0 aliphatic carbocycles. The Labute approximate surface area is 152 Å². The van der Waals surface area contributed by atoms with Gasteiger partial charge in [0, 0.05) is 24.5 Å². The van der Waals surface area contributed by atoms with Gasteiger partial charge >= 0.3 is 0 Å². The van der Waals surface area contributed by atoms with Crippen LogP contribution in [0.5, 0.6) is 0 Å². The Morgan fingerprint density at radius 3 is 2.76 bits per heavy atom. The molecule has 1 aliphatic heterocycles. The van der Waals surface area contributed by atoms with Crippen LogP contribution in [0.4, 0.5) is 0 Å². The fourth-order valence-corrected chi connectivity index (χ4v) is 4.42. The minimum atomic E-state index is 0.269. The summed E-state index contributed by atoms with van der Waals surface area (Å²) in [5, 5.41) is 2.03. The first-order chi connectivity index (χ1) is 12.2. The number of imidazole rings is 1. The summed E-state index contributed by atoms with van der Waals surface area (Å²) in [6.07, 6.45) is 2.69. The van der Waals surface area contributed by atoms with Gasteiger partial charge in [-0.15, -0.1) is 11.3 Å². The van der Waals surface area contributed by atoms with Crippen molar-refractivity contribution in [1.82, 2.24) is 14.5 Å². The number of amides is 1. The second kappa shape index (κ2) is 7.00. The normalized spacial score (nSPS) is 15.8. The van der Waals surface area contributed by atoms with E-state index in [1.54, 1.807) is 11.3 Å². The van der Waals surface area contributed by atoms with Gasteiger partial charge in [-0.1, -0.05) is 18.2 Å². The van der Waals surface area contributed by atoms with E-state index in [4.69, 9.17) is 0 Å². The van der Waals surface area contributed by atoms with Crippen LogP contribution < -0.4 is 0 Å². The summed E-state index contributed by atoms with van der Waals surface area (Å²) < 4.78 is 2.34. The maximum Gasteiger partial charge on any atom is 0.227 e. The van der Waals surface area contributed by atoms with Crippen molar-refractivity contribution < 1.29 is 4.79 Å². The van der Waals surface area contributed by atoms with E-state index >= 15 is 0 Å². The van der Waals surface area contributed by atoms with Gasteiger partial charge in [0.1, 0.15) is 5.82 Å². The molecule has 0 spiro atoms. The molecule has 3 aromatic rings. The van der Waals surface area contributed by atoms with Crippen LogP contribution in [0.2, 0.25) is 0 Å². The van der Waals surface area contributed by atoms with Gasteiger partial charge in [0.15, 0.2) is 0 Å². The molecule has 4 nitrogen and oxygen atoms in total. The van der Waals surface area contributed by atoms with Crippen molar-refractivity contribution in [2.75, 3.05) is 13.1 Å². The van der Waals surface area contributed by atoms with Crippen LogP contribution in [-0.2, 0) is 17.8 Å². The number of aromatic nitrogens is 2. The van der Waals surface area contributed by atoms with Crippen molar-refractivity contribution in [3.05, 3.63) is 52.5 Å². The predicted molar refractivity (Wildman–Crippen MR) is 102 cm³/mol. The van der Waals surface area contributed by atoms with Crippen molar-refractivity contribution in [2.45, 2.75) is 32.7 Å². The van der Waals surface area contributed by atoms with E-state index in [2.05, 4.69) is 34.7 Å². The maximum atomic E-state index is 12.4. The summed E-state index contributed by atoms with van der Waals surface area (Å²) >= 11 is 1.66. The summed E-state index contributed by atoms with van der Waals surface area (Å²) in [6, 6.07) is 12.4. The zero-order valence-corrected chi connectivity index (χ0v) is 15.3. The number of benzene rings is 1. The fraction of sp³-hybridized carbons (Fsp3) is 0.400. The summed E-state index contributed by atoms with van der Waals surface area (Å²) in [4.78, 5) is 20.3. The molecule has 0 unspecified atom stereocenters. The number of nitrogens with zero attached hydrogens (tertiary/aromatic N) is 3. The number of fused-ring (bicyclic) bond motifs is 1. The van der Waals surface area contributed by atoms with E-state index < -0.39 is 0 Å². The van der Waals surface area contributed by atoms with E-state index in [1.807, 2.05) is 28.5 Å². The molecule has 1 aromatic carbocycles. The second-order valence-corrected chi connectivity index (χ2v) is 7.87. The molecule has 0 N–H and O–H groups in total. The highest BCUT2D eigenvalue weighted by molar-refractivity contribution is 7.10. The lowest BCUT2D eigenvalue weighted by Crippen LogP contribution is -2.40. The number of aryl methyl sites for hydroxylation is 1. The van der Waals surface area contributed by atoms with E-state index in [0.29, 0.717) is 12.3 Å². The topological polar surface area (TPSA) is 38.1 Å². The Hall–Kier alpha value is -2.14. The molecule has 0 radical (unpaired) electrons. The Bertz CT molecular complexity index is 860. The Balaban J connectivity index is 1.37. The van der Waals surface area contributed by atoms with Gasteiger partial charge in [-0.3, -0.25) is 4.79 Å². The summed E-state index contributed by atoms with van der Waals surface area (Å²) in [5.41, 5.74) is 2.29. The van der Waals surface area contributed by atoms with Crippen LogP contribution in [0.1, 0.15) is 23.5 Å². The fourth-order valence-electron chi connectivity index (χ4n) is 3.72. The number of carbonyl (C=O) groups is 1. The molecule has 1 amide bonds. The van der Waals surface area contributed by atoms with Crippen LogP contribution in [0.15, 0.2) is 41.8 Å². The van der Waals surface area contributed by atoms with Gasteiger partial charge in [-0.05, 0) is 49.3 Å².